The third kappa shape index (κ3) is 3.96. The lowest BCUT2D eigenvalue weighted by Crippen LogP contribution is -2.32. The first-order valence-electron chi connectivity index (χ1n) is 4.47. The molecule has 0 saturated heterocycles. The number of likely N-dealkylation sites (N-methyl/N-ethyl adjacent to an activating group) is 1. The van der Waals surface area contributed by atoms with E-state index in [2.05, 4.69) is 15.7 Å². The van der Waals surface area contributed by atoms with Crippen LogP contribution in [0.5, 0.6) is 0 Å². The Balaban J connectivity index is 2.31. The van der Waals surface area contributed by atoms with E-state index in [9.17, 15) is 0 Å². The van der Waals surface area contributed by atoms with Crippen molar-refractivity contribution in [1.82, 2.24) is 10.3 Å². The van der Waals surface area contributed by atoms with Crippen LogP contribution >= 0.6 is 23.1 Å². The molecule has 0 aromatic carbocycles. The summed E-state index contributed by atoms with van der Waals surface area (Å²) in [5.41, 5.74) is 1.10. The Hall–Kier alpha value is -0.100. The number of thioether (sulfide) groups is 1. The van der Waals surface area contributed by atoms with Crippen LogP contribution in [0.1, 0.15) is 5.69 Å². The summed E-state index contributed by atoms with van der Waals surface area (Å²) in [5, 5.41) is 5.29. The van der Waals surface area contributed by atoms with E-state index < -0.39 is 0 Å². The highest BCUT2D eigenvalue weighted by Crippen LogP contribution is 2.22. The van der Waals surface area contributed by atoms with Gasteiger partial charge in [-0.1, -0.05) is 11.8 Å². The van der Waals surface area contributed by atoms with Crippen LogP contribution in [0, 0.1) is 6.92 Å². The van der Waals surface area contributed by atoms with Crippen LogP contribution in [-0.4, -0.2) is 37.5 Å². The van der Waals surface area contributed by atoms with Gasteiger partial charge in [-0.2, -0.15) is 0 Å². The van der Waals surface area contributed by atoms with Crippen LogP contribution in [0.4, 0.5) is 0 Å². The summed E-state index contributed by atoms with van der Waals surface area (Å²) in [4.78, 5) is 4.39. The predicted octanol–water partition coefficient (Wildman–Crippen LogP) is 1.78. The summed E-state index contributed by atoms with van der Waals surface area (Å²) in [6.45, 7) is 2.76. The van der Waals surface area contributed by atoms with Gasteiger partial charge in [0, 0.05) is 30.0 Å². The Bertz CT molecular complexity index is 265. The molecule has 0 fully saturated rings. The largest absolute Gasteiger partial charge is 0.383 e. The molecule has 0 aliphatic carbocycles. The zero-order valence-electron chi connectivity index (χ0n) is 8.74. The van der Waals surface area contributed by atoms with Gasteiger partial charge in [0.2, 0.25) is 0 Å². The van der Waals surface area contributed by atoms with Crippen LogP contribution in [0.25, 0.3) is 0 Å². The Morgan fingerprint density at radius 1 is 1.71 bits per heavy atom. The molecule has 1 heterocycles. The molecule has 14 heavy (non-hydrogen) atoms. The van der Waals surface area contributed by atoms with Gasteiger partial charge in [-0.25, -0.2) is 4.98 Å². The number of rotatable bonds is 6. The maximum absolute atomic E-state index is 5.10. The molecule has 0 saturated carbocycles. The average molecular weight is 232 g/mol. The summed E-state index contributed by atoms with van der Waals surface area (Å²) in [5.74, 6) is 0.997. The first-order chi connectivity index (χ1) is 6.76. The minimum Gasteiger partial charge on any atom is -0.383 e. The molecule has 0 radical (unpaired) electrons. The van der Waals surface area contributed by atoms with Crippen molar-refractivity contribution in [2.75, 3.05) is 26.5 Å². The lowest BCUT2D eigenvalue weighted by atomic mass is 10.4. The lowest BCUT2D eigenvalue weighted by Gasteiger charge is -2.13. The molecule has 1 atom stereocenters. The highest BCUT2D eigenvalue weighted by molar-refractivity contribution is 8.01. The minimum absolute atomic E-state index is 0.397. The third-order valence-electron chi connectivity index (χ3n) is 1.78. The van der Waals surface area contributed by atoms with Gasteiger partial charge < -0.3 is 10.1 Å². The monoisotopic (exact) mass is 232 g/mol. The normalized spacial score (nSPS) is 13.1. The second kappa shape index (κ2) is 6.40. The van der Waals surface area contributed by atoms with Gasteiger partial charge in [-0.3, -0.25) is 0 Å². The van der Waals surface area contributed by atoms with Crippen LogP contribution < -0.4 is 5.32 Å². The Kier molecular flexibility index (Phi) is 5.47. The van der Waals surface area contributed by atoms with Crippen LogP contribution in [0.15, 0.2) is 9.72 Å². The van der Waals surface area contributed by atoms with Crippen molar-refractivity contribution in [1.29, 1.82) is 0 Å². The van der Waals surface area contributed by atoms with E-state index in [1.165, 1.54) is 0 Å². The number of aromatic nitrogens is 1. The number of nitrogens with one attached hydrogen (secondary N) is 1. The zero-order chi connectivity index (χ0) is 10.4. The number of ether oxygens (including phenoxy) is 1. The molecular formula is C9H16N2OS2. The van der Waals surface area contributed by atoms with Crippen molar-refractivity contribution in [3.05, 3.63) is 11.1 Å². The molecule has 0 aliphatic rings. The fourth-order valence-corrected chi connectivity index (χ4v) is 2.94. The topological polar surface area (TPSA) is 34.1 Å². The van der Waals surface area contributed by atoms with E-state index in [4.69, 9.17) is 4.74 Å². The molecule has 1 rings (SSSR count). The van der Waals surface area contributed by atoms with Crippen molar-refractivity contribution in [3.8, 4) is 0 Å². The number of hydrogen-bond donors (Lipinski definition) is 1. The summed E-state index contributed by atoms with van der Waals surface area (Å²) in [6.07, 6.45) is 0. The quantitative estimate of drug-likeness (QED) is 0.758. The van der Waals surface area contributed by atoms with E-state index in [1.54, 1.807) is 30.2 Å². The molecule has 5 heteroatoms. The van der Waals surface area contributed by atoms with Crippen molar-refractivity contribution in [2.45, 2.75) is 17.3 Å². The molecule has 0 amide bonds. The van der Waals surface area contributed by atoms with Crippen LogP contribution in [0.3, 0.4) is 0 Å². The predicted molar refractivity (Wildman–Crippen MR) is 62.3 cm³/mol. The van der Waals surface area contributed by atoms with Gasteiger partial charge in [0.15, 0.2) is 0 Å². The number of aryl methyl sites for hydroxylation is 1. The fraction of sp³-hybridized carbons (Fsp3) is 0.667. The number of methoxy groups -OCH3 is 1. The average Bonchev–Trinajstić information content (AvgIpc) is 2.59. The van der Waals surface area contributed by atoms with Crippen molar-refractivity contribution < 1.29 is 4.74 Å². The van der Waals surface area contributed by atoms with Gasteiger partial charge in [-0.15, -0.1) is 11.3 Å². The number of nitrogens with zero attached hydrogens (tertiary/aromatic N) is 1. The molecule has 1 aromatic rings. The van der Waals surface area contributed by atoms with Gasteiger partial charge in [0.1, 0.15) is 4.34 Å². The Labute approximate surface area is 93.3 Å². The molecule has 0 aliphatic heterocycles. The second-order valence-corrected chi connectivity index (χ2v) is 5.13. The molecule has 1 N–H and O–H groups in total. The smallest absolute Gasteiger partial charge is 0.150 e. The van der Waals surface area contributed by atoms with Gasteiger partial charge >= 0.3 is 0 Å². The molecule has 0 spiro atoms. The van der Waals surface area contributed by atoms with E-state index in [0.717, 1.165) is 22.4 Å². The van der Waals surface area contributed by atoms with Crippen molar-refractivity contribution >= 4 is 23.1 Å². The van der Waals surface area contributed by atoms with E-state index in [1.807, 2.05) is 14.0 Å². The number of thiazole rings is 1. The van der Waals surface area contributed by atoms with E-state index in [-0.39, 0.29) is 0 Å². The van der Waals surface area contributed by atoms with E-state index >= 15 is 0 Å². The molecule has 3 nitrogen and oxygen atoms in total. The van der Waals surface area contributed by atoms with Gasteiger partial charge in [0.05, 0.1) is 6.61 Å². The summed E-state index contributed by atoms with van der Waals surface area (Å²) in [6, 6.07) is 0.397. The highest BCUT2D eigenvalue weighted by atomic mass is 32.2. The zero-order valence-corrected chi connectivity index (χ0v) is 10.4. The second-order valence-electron chi connectivity index (χ2n) is 3.01. The van der Waals surface area contributed by atoms with Crippen molar-refractivity contribution in [3.63, 3.8) is 0 Å². The standard InChI is InChI=1S/C9H16N2OS2/c1-7-5-13-9(11-7)14-6-8(10-2)4-12-3/h5,8,10H,4,6H2,1-3H3. The fourth-order valence-electron chi connectivity index (χ4n) is 0.987. The van der Waals surface area contributed by atoms with Crippen LogP contribution in [-0.2, 0) is 4.74 Å². The SMILES string of the molecule is CNC(COC)CSc1nc(C)cs1. The maximum Gasteiger partial charge on any atom is 0.150 e. The van der Waals surface area contributed by atoms with Crippen LogP contribution in [0.2, 0.25) is 0 Å². The first kappa shape index (κ1) is 12.0. The molecule has 1 unspecified atom stereocenters. The Morgan fingerprint density at radius 2 is 2.50 bits per heavy atom. The minimum atomic E-state index is 0.397. The van der Waals surface area contributed by atoms with Gasteiger partial charge in [0.25, 0.3) is 0 Å². The summed E-state index contributed by atoms with van der Waals surface area (Å²) in [7, 11) is 3.68. The van der Waals surface area contributed by atoms with E-state index in [0.29, 0.717) is 6.04 Å². The number of hydrogen-bond acceptors (Lipinski definition) is 5. The first-order valence-corrected chi connectivity index (χ1v) is 6.34. The van der Waals surface area contributed by atoms with Crippen molar-refractivity contribution in [2.24, 2.45) is 0 Å². The summed E-state index contributed by atoms with van der Waals surface area (Å²) < 4.78 is 6.23. The maximum atomic E-state index is 5.10. The molecule has 0 bridgehead atoms. The molecule has 1 aromatic heterocycles. The molecule has 80 valence electrons. The highest BCUT2D eigenvalue weighted by Gasteiger charge is 2.07. The summed E-state index contributed by atoms with van der Waals surface area (Å²) >= 11 is 3.48. The lowest BCUT2D eigenvalue weighted by molar-refractivity contribution is 0.177. The Morgan fingerprint density at radius 3 is 3.00 bits per heavy atom. The molecular weight excluding hydrogens is 216 g/mol. The third-order valence-corrected chi connectivity index (χ3v) is 4.08. The van der Waals surface area contributed by atoms with Gasteiger partial charge in [-0.05, 0) is 14.0 Å².